The van der Waals surface area contributed by atoms with Gasteiger partial charge in [0.15, 0.2) is 0 Å². The van der Waals surface area contributed by atoms with Gasteiger partial charge in [-0.2, -0.15) is 0 Å². The van der Waals surface area contributed by atoms with Crippen molar-refractivity contribution in [2.24, 2.45) is 4.99 Å². The quantitative estimate of drug-likeness (QED) is 0.475. The molecule has 25 heavy (non-hydrogen) atoms. The van der Waals surface area contributed by atoms with Gasteiger partial charge in [-0.25, -0.2) is 4.98 Å². The van der Waals surface area contributed by atoms with Gasteiger partial charge in [-0.1, -0.05) is 36.9 Å². The van der Waals surface area contributed by atoms with E-state index in [9.17, 15) is 0 Å². The van der Waals surface area contributed by atoms with E-state index >= 15 is 0 Å². The molecule has 0 bridgehead atoms. The number of allylic oxidation sites excluding steroid dienone is 1. The Kier molecular flexibility index (Phi) is 5.50. The molecule has 0 aliphatic heterocycles. The van der Waals surface area contributed by atoms with Crippen molar-refractivity contribution >= 4 is 38.2 Å². The summed E-state index contributed by atoms with van der Waals surface area (Å²) in [6, 6.07) is 17.6. The first-order valence-corrected chi connectivity index (χ1v) is 8.90. The predicted octanol–water partition coefficient (Wildman–Crippen LogP) is 4.81. The van der Waals surface area contributed by atoms with E-state index in [0.29, 0.717) is 5.75 Å². The van der Waals surface area contributed by atoms with Crippen LogP contribution in [0.2, 0.25) is 0 Å². The maximum Gasteiger partial charge on any atom is 0.882 e. The second-order valence-electron chi connectivity index (χ2n) is 5.54. The molecule has 3 rings (SSSR count). The first-order chi connectivity index (χ1) is 12.2. The fourth-order valence-electron chi connectivity index (χ4n) is 2.33. The first kappa shape index (κ1) is 17.2. The molecule has 0 saturated carbocycles. The molecule has 1 radical (unpaired) electrons. The minimum absolute atomic E-state index is 0.697. The van der Waals surface area contributed by atoms with Crippen LogP contribution in [0.1, 0.15) is 12.6 Å². The Morgan fingerprint density at radius 2 is 1.80 bits per heavy atom. The summed E-state index contributed by atoms with van der Waals surface area (Å²) in [6.45, 7) is 7.59. The third kappa shape index (κ3) is 4.27. The SMILES string of the molecule is C=CC(C)=Nc1ccccc1[O][Al][O]c1cccc2ccc(C)nc12. The van der Waals surface area contributed by atoms with Gasteiger partial charge in [-0.05, 0) is 44.2 Å². The Bertz CT molecular complexity index is 938. The van der Waals surface area contributed by atoms with Crippen molar-refractivity contribution in [3.63, 3.8) is 0 Å². The molecule has 0 amide bonds. The fraction of sp³-hybridized carbons (Fsp3) is 0.100. The summed E-state index contributed by atoms with van der Waals surface area (Å²) in [7, 11) is 0. The molecule has 0 spiro atoms. The summed E-state index contributed by atoms with van der Waals surface area (Å²) in [5.74, 6) is 1.43. The number of hydrogen-bond donors (Lipinski definition) is 0. The average molecular weight is 345 g/mol. The van der Waals surface area contributed by atoms with Crippen LogP contribution in [-0.2, 0) is 0 Å². The number of aryl methyl sites for hydroxylation is 1. The number of rotatable bonds is 6. The van der Waals surface area contributed by atoms with E-state index in [-0.39, 0.29) is 0 Å². The lowest BCUT2D eigenvalue weighted by Gasteiger charge is -2.12. The van der Waals surface area contributed by atoms with Crippen LogP contribution in [0.3, 0.4) is 0 Å². The zero-order chi connectivity index (χ0) is 17.6. The van der Waals surface area contributed by atoms with Crippen molar-refractivity contribution < 1.29 is 7.58 Å². The van der Waals surface area contributed by atoms with Gasteiger partial charge in [-0.3, -0.25) is 4.99 Å². The normalized spacial score (nSPS) is 11.2. The number of fused-ring (bicyclic) bond motifs is 1. The van der Waals surface area contributed by atoms with E-state index in [0.717, 1.165) is 33.7 Å². The molecule has 0 N–H and O–H groups in total. The highest BCUT2D eigenvalue weighted by Crippen LogP contribution is 2.28. The van der Waals surface area contributed by atoms with E-state index in [1.165, 1.54) is 0 Å². The summed E-state index contributed by atoms with van der Waals surface area (Å²) < 4.78 is 11.8. The molecular weight excluding hydrogens is 327 g/mol. The van der Waals surface area contributed by atoms with Crippen LogP contribution in [0.15, 0.2) is 72.2 Å². The highest BCUT2D eigenvalue weighted by atomic mass is 27.2. The second-order valence-corrected chi connectivity index (χ2v) is 6.20. The van der Waals surface area contributed by atoms with Gasteiger partial charge >= 0.3 is 15.9 Å². The average Bonchev–Trinajstić information content (AvgIpc) is 2.63. The Morgan fingerprint density at radius 3 is 2.64 bits per heavy atom. The third-order valence-corrected chi connectivity index (χ3v) is 4.33. The van der Waals surface area contributed by atoms with Crippen LogP contribution in [0.4, 0.5) is 5.69 Å². The van der Waals surface area contributed by atoms with E-state index in [2.05, 4.69) is 16.6 Å². The molecule has 0 unspecified atom stereocenters. The van der Waals surface area contributed by atoms with E-state index in [1.807, 2.05) is 68.4 Å². The molecule has 0 aliphatic rings. The number of pyridine rings is 1. The van der Waals surface area contributed by atoms with Crippen LogP contribution < -0.4 is 7.58 Å². The van der Waals surface area contributed by atoms with E-state index < -0.39 is 15.9 Å². The molecular formula is C20H18AlN2O2. The second kappa shape index (κ2) is 7.98. The van der Waals surface area contributed by atoms with Crippen molar-refractivity contribution in [2.45, 2.75) is 13.8 Å². The molecule has 0 fully saturated rings. The zero-order valence-corrected chi connectivity index (χ0v) is 15.4. The van der Waals surface area contributed by atoms with Gasteiger partial charge in [0.2, 0.25) is 0 Å². The Morgan fingerprint density at radius 1 is 1.04 bits per heavy atom. The largest absolute Gasteiger partial charge is 0.882 e. The first-order valence-electron chi connectivity index (χ1n) is 7.95. The van der Waals surface area contributed by atoms with Gasteiger partial charge < -0.3 is 7.58 Å². The zero-order valence-electron chi connectivity index (χ0n) is 14.3. The van der Waals surface area contributed by atoms with Crippen LogP contribution in [0.25, 0.3) is 10.9 Å². The van der Waals surface area contributed by atoms with E-state index in [4.69, 9.17) is 7.58 Å². The number of benzene rings is 2. The number of hydrogen-bond acceptors (Lipinski definition) is 4. The van der Waals surface area contributed by atoms with Crippen LogP contribution >= 0.6 is 0 Å². The summed E-state index contributed by atoms with van der Waals surface area (Å²) in [5.41, 5.74) is 3.41. The van der Waals surface area contributed by atoms with Crippen LogP contribution in [0.5, 0.6) is 11.5 Å². The summed E-state index contributed by atoms with van der Waals surface area (Å²) in [6.07, 6.45) is 1.71. The lowest BCUT2D eigenvalue weighted by Crippen LogP contribution is -2.11. The molecule has 123 valence electrons. The summed E-state index contributed by atoms with van der Waals surface area (Å²) in [4.78, 5) is 9.05. The van der Waals surface area contributed by atoms with Crippen molar-refractivity contribution in [3.8, 4) is 11.5 Å². The highest BCUT2D eigenvalue weighted by Gasteiger charge is 2.11. The monoisotopic (exact) mass is 345 g/mol. The topological polar surface area (TPSA) is 43.7 Å². The Hall–Kier alpha value is -2.61. The maximum absolute atomic E-state index is 5.89. The smallest absolute Gasteiger partial charge is 0.614 e. The predicted molar refractivity (Wildman–Crippen MR) is 103 cm³/mol. The maximum atomic E-state index is 5.89. The molecule has 0 saturated heterocycles. The van der Waals surface area contributed by atoms with Crippen molar-refractivity contribution in [1.29, 1.82) is 0 Å². The molecule has 0 atom stereocenters. The van der Waals surface area contributed by atoms with Crippen LogP contribution in [-0.4, -0.2) is 26.6 Å². The number of aromatic nitrogens is 1. The molecule has 2 aromatic carbocycles. The molecule has 4 nitrogen and oxygen atoms in total. The van der Waals surface area contributed by atoms with Crippen molar-refractivity contribution in [2.75, 3.05) is 0 Å². The minimum Gasteiger partial charge on any atom is -0.614 e. The Labute approximate surface area is 154 Å². The minimum atomic E-state index is -0.738. The molecule has 0 aliphatic carbocycles. The number of para-hydroxylation sites is 3. The highest BCUT2D eigenvalue weighted by molar-refractivity contribution is 6.21. The van der Waals surface area contributed by atoms with Crippen molar-refractivity contribution in [3.05, 3.63) is 72.9 Å². The Balaban J connectivity index is 1.76. The summed E-state index contributed by atoms with van der Waals surface area (Å²) >= 11 is -0.738. The fourth-order valence-corrected chi connectivity index (χ4v) is 2.97. The number of nitrogens with zero attached hydrogens (tertiary/aromatic N) is 2. The summed E-state index contributed by atoms with van der Waals surface area (Å²) in [5, 5.41) is 1.05. The van der Waals surface area contributed by atoms with Gasteiger partial charge in [0.05, 0.1) is 0 Å². The molecule has 1 heterocycles. The van der Waals surface area contributed by atoms with E-state index in [1.54, 1.807) is 6.08 Å². The third-order valence-electron chi connectivity index (χ3n) is 3.63. The van der Waals surface area contributed by atoms with Gasteiger partial charge in [-0.15, -0.1) is 0 Å². The standard InChI is InChI=1S/C10H9NO.C10H11NO.Al/c1-7-5-6-8-3-2-4-9(12)10(8)11-7;1-3-8(2)11-9-6-4-5-7-10(9)12;/h2-6,12H,1H3;3-7,12H,1H2,2H3;/q;;+2/p-2. The lowest BCUT2D eigenvalue weighted by molar-refractivity contribution is 0.462. The molecule has 5 heteroatoms. The number of aliphatic imine (C=N–C) groups is 1. The molecule has 3 aromatic rings. The molecule has 1 aromatic heterocycles. The van der Waals surface area contributed by atoms with Crippen molar-refractivity contribution in [1.82, 2.24) is 4.98 Å². The van der Waals surface area contributed by atoms with Gasteiger partial charge in [0.1, 0.15) is 22.7 Å². The van der Waals surface area contributed by atoms with Gasteiger partial charge in [0, 0.05) is 16.8 Å². The lowest BCUT2D eigenvalue weighted by atomic mass is 10.2. The van der Waals surface area contributed by atoms with Crippen LogP contribution in [0, 0.1) is 6.92 Å². The van der Waals surface area contributed by atoms with Gasteiger partial charge in [0.25, 0.3) is 0 Å².